The van der Waals surface area contributed by atoms with E-state index in [1.54, 1.807) is 6.92 Å². The van der Waals surface area contributed by atoms with Crippen molar-refractivity contribution in [2.24, 2.45) is 0 Å². The van der Waals surface area contributed by atoms with Crippen LogP contribution >= 0.6 is 11.3 Å². The first-order chi connectivity index (χ1) is 12.5. The number of benzene rings is 1. The van der Waals surface area contributed by atoms with E-state index in [-0.39, 0.29) is 29.1 Å². The van der Waals surface area contributed by atoms with Crippen LogP contribution in [0.5, 0.6) is 0 Å². The SMILES string of the molecule is Cc1cc(C(=O)N(C[C@@H]2CCCO2)c2nc3c(F)cc(F)cc3s2)on1. The van der Waals surface area contributed by atoms with Crippen molar-refractivity contribution in [3.05, 3.63) is 41.3 Å². The third-order valence-corrected chi connectivity index (χ3v) is 5.15. The van der Waals surface area contributed by atoms with Crippen molar-refractivity contribution >= 4 is 32.6 Å². The van der Waals surface area contributed by atoms with Crippen LogP contribution in [-0.2, 0) is 4.74 Å². The molecule has 1 amide bonds. The van der Waals surface area contributed by atoms with Crippen LogP contribution in [0.3, 0.4) is 0 Å². The van der Waals surface area contributed by atoms with E-state index in [9.17, 15) is 13.6 Å². The molecule has 26 heavy (non-hydrogen) atoms. The quantitative estimate of drug-likeness (QED) is 0.691. The molecular formula is C17H15F2N3O3S. The van der Waals surface area contributed by atoms with E-state index in [0.29, 0.717) is 17.0 Å². The van der Waals surface area contributed by atoms with E-state index >= 15 is 0 Å². The van der Waals surface area contributed by atoms with Crippen LogP contribution in [0, 0.1) is 18.6 Å². The summed E-state index contributed by atoms with van der Waals surface area (Å²) in [5.74, 6) is -1.83. The number of amides is 1. The molecule has 6 nitrogen and oxygen atoms in total. The van der Waals surface area contributed by atoms with Gasteiger partial charge in [-0.25, -0.2) is 13.8 Å². The number of fused-ring (bicyclic) bond motifs is 1. The molecule has 3 aromatic rings. The lowest BCUT2D eigenvalue weighted by atomic mass is 10.2. The summed E-state index contributed by atoms with van der Waals surface area (Å²) in [6.45, 7) is 2.59. The van der Waals surface area contributed by atoms with Gasteiger partial charge in [-0.1, -0.05) is 16.5 Å². The molecule has 4 rings (SSSR count). The van der Waals surface area contributed by atoms with E-state index in [1.807, 2.05) is 0 Å². The van der Waals surface area contributed by atoms with Gasteiger partial charge in [-0.05, 0) is 25.8 Å². The number of thiazole rings is 1. The van der Waals surface area contributed by atoms with Crippen LogP contribution in [0.25, 0.3) is 10.2 Å². The molecule has 1 aromatic carbocycles. The zero-order valence-corrected chi connectivity index (χ0v) is 14.7. The molecule has 1 atom stereocenters. The number of hydrogen-bond acceptors (Lipinski definition) is 6. The minimum atomic E-state index is -0.762. The zero-order valence-electron chi connectivity index (χ0n) is 13.9. The van der Waals surface area contributed by atoms with Gasteiger partial charge in [0.15, 0.2) is 10.9 Å². The highest BCUT2D eigenvalue weighted by Crippen LogP contribution is 2.32. The van der Waals surface area contributed by atoms with E-state index in [4.69, 9.17) is 9.26 Å². The van der Waals surface area contributed by atoms with Crippen LogP contribution in [0.15, 0.2) is 22.7 Å². The van der Waals surface area contributed by atoms with Gasteiger partial charge in [0.25, 0.3) is 5.91 Å². The minimum Gasteiger partial charge on any atom is -0.376 e. The Morgan fingerprint density at radius 1 is 1.38 bits per heavy atom. The number of carbonyl (C=O) groups is 1. The lowest BCUT2D eigenvalue weighted by molar-refractivity contribution is 0.0887. The first-order valence-electron chi connectivity index (χ1n) is 8.13. The Kier molecular flexibility index (Phi) is 4.41. The van der Waals surface area contributed by atoms with Crippen LogP contribution in [0.2, 0.25) is 0 Å². The fourth-order valence-electron chi connectivity index (χ4n) is 2.90. The van der Waals surface area contributed by atoms with Gasteiger partial charge in [-0.15, -0.1) is 0 Å². The van der Waals surface area contributed by atoms with Crippen molar-refractivity contribution in [2.45, 2.75) is 25.9 Å². The maximum atomic E-state index is 14.0. The van der Waals surface area contributed by atoms with Gasteiger partial charge in [0.05, 0.1) is 23.0 Å². The first-order valence-corrected chi connectivity index (χ1v) is 8.95. The van der Waals surface area contributed by atoms with E-state index in [1.165, 1.54) is 17.0 Å². The van der Waals surface area contributed by atoms with Crippen molar-refractivity contribution < 1.29 is 22.8 Å². The predicted molar refractivity (Wildman–Crippen MR) is 91.4 cm³/mol. The van der Waals surface area contributed by atoms with Gasteiger partial charge >= 0.3 is 0 Å². The average Bonchev–Trinajstić information content (AvgIpc) is 3.32. The molecule has 2 aromatic heterocycles. The normalized spacial score (nSPS) is 17.1. The molecule has 0 bridgehead atoms. The standard InChI is InChI=1S/C17H15F2N3O3S/c1-9-5-13(25-21-9)16(23)22(8-11-3-2-4-24-11)17-20-15-12(19)6-10(18)7-14(15)26-17/h5-7,11H,2-4,8H2,1H3/t11-/m0/s1. The number of carbonyl (C=O) groups excluding carboxylic acids is 1. The lowest BCUT2D eigenvalue weighted by Gasteiger charge is -2.21. The summed E-state index contributed by atoms with van der Waals surface area (Å²) in [5, 5.41) is 4.00. The summed E-state index contributed by atoms with van der Waals surface area (Å²) in [6.07, 6.45) is 1.58. The van der Waals surface area contributed by atoms with Crippen LogP contribution < -0.4 is 4.90 Å². The van der Waals surface area contributed by atoms with E-state index < -0.39 is 17.5 Å². The molecule has 1 saturated heterocycles. The first kappa shape index (κ1) is 17.0. The van der Waals surface area contributed by atoms with E-state index in [0.717, 1.165) is 30.2 Å². The Morgan fingerprint density at radius 2 is 2.23 bits per heavy atom. The maximum absolute atomic E-state index is 14.0. The lowest BCUT2D eigenvalue weighted by Crippen LogP contribution is -2.37. The Morgan fingerprint density at radius 3 is 2.92 bits per heavy atom. The number of aromatic nitrogens is 2. The number of ether oxygens (including phenoxy) is 1. The molecule has 9 heteroatoms. The Balaban J connectivity index is 1.74. The number of rotatable bonds is 4. The number of aryl methyl sites for hydroxylation is 1. The van der Waals surface area contributed by atoms with Crippen LogP contribution in [0.1, 0.15) is 29.1 Å². The predicted octanol–water partition coefficient (Wildman–Crippen LogP) is 3.70. The molecule has 136 valence electrons. The average molecular weight is 379 g/mol. The molecule has 0 spiro atoms. The summed E-state index contributed by atoms with van der Waals surface area (Å²) in [7, 11) is 0. The molecule has 1 fully saturated rings. The molecule has 1 aliphatic rings. The van der Waals surface area contributed by atoms with Gasteiger partial charge in [-0.2, -0.15) is 0 Å². The van der Waals surface area contributed by atoms with Crippen LogP contribution in [0.4, 0.5) is 13.9 Å². The highest BCUT2D eigenvalue weighted by molar-refractivity contribution is 7.22. The third kappa shape index (κ3) is 3.19. The molecule has 0 radical (unpaired) electrons. The van der Waals surface area contributed by atoms with Crippen molar-refractivity contribution in [2.75, 3.05) is 18.1 Å². The topological polar surface area (TPSA) is 68.5 Å². The van der Waals surface area contributed by atoms with Gasteiger partial charge in [-0.3, -0.25) is 9.69 Å². The van der Waals surface area contributed by atoms with Crippen molar-refractivity contribution in [3.63, 3.8) is 0 Å². The van der Waals surface area contributed by atoms with Gasteiger partial charge < -0.3 is 9.26 Å². The van der Waals surface area contributed by atoms with Crippen molar-refractivity contribution in [1.82, 2.24) is 10.1 Å². The largest absolute Gasteiger partial charge is 0.376 e. The molecular weight excluding hydrogens is 364 g/mol. The molecule has 0 aliphatic carbocycles. The van der Waals surface area contributed by atoms with Crippen molar-refractivity contribution in [3.8, 4) is 0 Å². The smallest absolute Gasteiger partial charge is 0.298 e. The summed E-state index contributed by atoms with van der Waals surface area (Å²) < 4.78 is 38.5. The molecule has 0 N–H and O–H groups in total. The summed E-state index contributed by atoms with van der Waals surface area (Å²) in [4.78, 5) is 18.5. The number of nitrogens with zero attached hydrogens (tertiary/aromatic N) is 3. The Bertz CT molecular complexity index is 965. The highest BCUT2D eigenvalue weighted by Gasteiger charge is 2.29. The number of halogens is 2. The van der Waals surface area contributed by atoms with Crippen LogP contribution in [-0.4, -0.2) is 35.3 Å². The number of anilines is 1. The summed E-state index contributed by atoms with van der Waals surface area (Å²) in [6, 6.07) is 3.50. The second-order valence-electron chi connectivity index (χ2n) is 6.11. The Hall–Kier alpha value is -2.39. The zero-order chi connectivity index (χ0) is 18.3. The molecule has 1 aliphatic heterocycles. The highest BCUT2D eigenvalue weighted by atomic mass is 32.1. The Labute approximate surface area is 151 Å². The second-order valence-corrected chi connectivity index (χ2v) is 7.12. The van der Waals surface area contributed by atoms with Gasteiger partial charge in [0, 0.05) is 18.7 Å². The summed E-state index contributed by atoms with van der Waals surface area (Å²) >= 11 is 1.04. The fourth-order valence-corrected chi connectivity index (χ4v) is 3.91. The minimum absolute atomic E-state index is 0.0327. The van der Waals surface area contributed by atoms with E-state index in [2.05, 4.69) is 10.1 Å². The molecule has 3 heterocycles. The molecule has 0 saturated carbocycles. The van der Waals surface area contributed by atoms with Crippen molar-refractivity contribution in [1.29, 1.82) is 0 Å². The number of hydrogen-bond donors (Lipinski definition) is 0. The van der Waals surface area contributed by atoms with Gasteiger partial charge in [0.2, 0.25) is 5.76 Å². The monoisotopic (exact) mass is 379 g/mol. The maximum Gasteiger partial charge on any atom is 0.298 e. The second kappa shape index (κ2) is 6.73. The third-order valence-electron chi connectivity index (χ3n) is 4.13. The van der Waals surface area contributed by atoms with Gasteiger partial charge in [0.1, 0.15) is 11.3 Å². The molecule has 0 unspecified atom stereocenters. The summed E-state index contributed by atoms with van der Waals surface area (Å²) in [5.41, 5.74) is 0.605. The fraction of sp³-hybridized carbons (Fsp3) is 0.353.